The molecular formula is C10H14K2O4S2. The summed E-state index contributed by atoms with van der Waals surface area (Å²) < 4.78 is 9.45. The van der Waals surface area contributed by atoms with Gasteiger partial charge in [0.05, 0.1) is 17.6 Å². The molecule has 0 aromatic heterocycles. The number of carbonyl (C=O) groups is 1. The molecule has 0 bridgehead atoms. The van der Waals surface area contributed by atoms with E-state index in [9.17, 15) is 9.90 Å². The van der Waals surface area contributed by atoms with Gasteiger partial charge in [-0.1, -0.05) is 13.8 Å². The van der Waals surface area contributed by atoms with Crippen LogP contribution >= 0.6 is 12.2 Å². The zero-order chi connectivity index (χ0) is 12.9. The summed E-state index contributed by atoms with van der Waals surface area (Å²) in [6.45, 7) is 6.65. The molecule has 0 atom stereocenters. The number of rotatable bonds is 5. The molecule has 92 valence electrons. The van der Waals surface area contributed by atoms with E-state index in [1.807, 2.05) is 0 Å². The van der Waals surface area contributed by atoms with Gasteiger partial charge >= 0.3 is 109 Å². The average molecular weight is 341 g/mol. The number of hydrogen-bond acceptors (Lipinski definition) is 6. The molecule has 4 nitrogen and oxygen atoms in total. The van der Waals surface area contributed by atoms with E-state index < -0.39 is 11.9 Å². The van der Waals surface area contributed by atoms with Crippen molar-refractivity contribution in [2.45, 2.75) is 39.9 Å². The van der Waals surface area contributed by atoms with E-state index in [-0.39, 0.29) is 125 Å². The molecule has 0 radical (unpaired) electrons. The molecule has 8 heteroatoms. The molecule has 18 heavy (non-hydrogen) atoms. The average Bonchev–Trinajstić information content (AvgIpc) is 1.98. The number of ether oxygens (including phenoxy) is 2. The van der Waals surface area contributed by atoms with Crippen molar-refractivity contribution in [1.29, 1.82) is 0 Å². The van der Waals surface area contributed by atoms with Crippen molar-refractivity contribution in [2.75, 3.05) is 0 Å². The van der Waals surface area contributed by atoms with Gasteiger partial charge in [-0.15, -0.1) is 4.20 Å². The van der Waals surface area contributed by atoms with Crippen molar-refractivity contribution < 1.29 is 122 Å². The molecule has 0 N–H and O–H groups in total. The van der Waals surface area contributed by atoms with Gasteiger partial charge in [0.15, 0.2) is 0 Å². The molecule has 0 aromatic rings. The van der Waals surface area contributed by atoms with Gasteiger partial charge in [-0.25, -0.2) is 4.79 Å². The molecule has 0 saturated carbocycles. The van der Waals surface area contributed by atoms with Gasteiger partial charge in [-0.2, -0.15) is 0 Å². The standard InChI is InChI=1S/C10H16O4S2.2K/c1-5(2)13-8(11)7(10(15)16)9(12)14-6(3)4;;/h5-6,11H,1-4H3,(H,15,16);;/q;2*+1/p-2. The quantitative estimate of drug-likeness (QED) is 0.125. The second-order valence-corrected chi connectivity index (χ2v) is 4.65. The second kappa shape index (κ2) is 13.1. The van der Waals surface area contributed by atoms with Crippen LogP contribution in [0, 0.1) is 0 Å². The van der Waals surface area contributed by atoms with E-state index in [1.165, 1.54) is 0 Å². The molecule has 0 aromatic carbocycles. The minimum atomic E-state index is -0.833. The summed E-state index contributed by atoms with van der Waals surface area (Å²) in [6, 6.07) is 0. The largest absolute Gasteiger partial charge is 1.00 e. The molecular weight excluding hydrogens is 326 g/mol. The normalized spacial score (nSPS) is 11.0. The van der Waals surface area contributed by atoms with Crippen LogP contribution in [0.1, 0.15) is 27.7 Å². The van der Waals surface area contributed by atoms with Gasteiger partial charge in [0.25, 0.3) is 0 Å². The van der Waals surface area contributed by atoms with Crippen LogP contribution in [0.3, 0.4) is 0 Å². The molecule has 0 rings (SSSR count). The van der Waals surface area contributed by atoms with Crippen LogP contribution in [0.2, 0.25) is 0 Å². The van der Waals surface area contributed by atoms with E-state index in [0.717, 1.165) is 0 Å². The van der Waals surface area contributed by atoms with Gasteiger partial charge < -0.3 is 39.4 Å². The maximum absolute atomic E-state index is 11.5. The molecule has 0 spiro atoms. The molecule has 0 unspecified atom stereocenters. The van der Waals surface area contributed by atoms with Crippen LogP contribution in [0.15, 0.2) is 11.5 Å². The van der Waals surface area contributed by atoms with Crippen LogP contribution in [0.4, 0.5) is 0 Å². The second-order valence-electron chi connectivity index (χ2n) is 3.57. The molecule has 0 aliphatic carbocycles. The van der Waals surface area contributed by atoms with Gasteiger partial charge in [-0.05, 0) is 20.0 Å². The third-order valence-electron chi connectivity index (χ3n) is 1.30. The fraction of sp³-hybridized carbons (Fsp3) is 0.600. The fourth-order valence-electron chi connectivity index (χ4n) is 0.796. The van der Waals surface area contributed by atoms with Crippen LogP contribution in [-0.2, 0) is 26.9 Å². The Morgan fingerprint density at radius 3 is 1.78 bits per heavy atom. The summed E-state index contributed by atoms with van der Waals surface area (Å²) in [4.78, 5) is 11.5. The summed E-state index contributed by atoms with van der Waals surface area (Å²) >= 11 is 9.30. The minimum absolute atomic E-state index is 0. The molecule has 0 amide bonds. The van der Waals surface area contributed by atoms with Gasteiger partial charge in [0, 0.05) is 0 Å². The smallest absolute Gasteiger partial charge is 0.610 e. The summed E-state index contributed by atoms with van der Waals surface area (Å²) in [6.07, 6.45) is -0.697. The van der Waals surface area contributed by atoms with E-state index in [1.54, 1.807) is 27.7 Å². The third-order valence-corrected chi connectivity index (χ3v) is 1.71. The van der Waals surface area contributed by atoms with E-state index in [0.29, 0.717) is 0 Å². The Morgan fingerprint density at radius 1 is 1.11 bits per heavy atom. The zero-order valence-electron chi connectivity index (χ0n) is 11.6. The molecule has 0 fully saturated rings. The van der Waals surface area contributed by atoms with Crippen molar-refractivity contribution in [2.24, 2.45) is 0 Å². The van der Waals surface area contributed by atoms with Gasteiger partial charge in [0.1, 0.15) is 0 Å². The molecule has 0 aliphatic heterocycles. The Kier molecular flexibility index (Phi) is 18.4. The molecule has 0 saturated heterocycles. The topological polar surface area (TPSA) is 58.6 Å². The SMILES string of the molecule is CC(C)OC(=O)C(C(=S)[S-])=C([O-])OC(C)C.[K+].[K+]. The van der Waals surface area contributed by atoms with Crippen molar-refractivity contribution in [3.63, 3.8) is 0 Å². The van der Waals surface area contributed by atoms with E-state index in [4.69, 9.17) is 9.47 Å². The fourth-order valence-corrected chi connectivity index (χ4v) is 1.13. The predicted octanol–water partition coefficient (Wildman–Crippen LogP) is -5.18. The monoisotopic (exact) mass is 340 g/mol. The maximum atomic E-state index is 11.5. The van der Waals surface area contributed by atoms with Crippen LogP contribution < -0.4 is 108 Å². The molecule has 0 heterocycles. The van der Waals surface area contributed by atoms with E-state index in [2.05, 4.69) is 24.8 Å². The first kappa shape index (κ1) is 25.4. The Morgan fingerprint density at radius 2 is 1.50 bits per heavy atom. The Bertz CT molecular complexity index is 317. The summed E-state index contributed by atoms with van der Waals surface area (Å²) in [5, 5.41) is 11.5. The number of hydrogen-bond donors (Lipinski definition) is 0. The molecule has 0 aliphatic rings. The first-order valence-corrected chi connectivity index (χ1v) is 5.57. The van der Waals surface area contributed by atoms with Crippen molar-refractivity contribution >= 4 is 35.0 Å². The maximum Gasteiger partial charge on any atom is 1.00 e. The first-order valence-electron chi connectivity index (χ1n) is 4.76. The Labute approximate surface area is 204 Å². The first-order chi connectivity index (χ1) is 7.25. The van der Waals surface area contributed by atoms with Crippen molar-refractivity contribution in [3.05, 3.63) is 11.5 Å². The third kappa shape index (κ3) is 11.1. The summed E-state index contributed by atoms with van der Waals surface area (Å²) in [5.74, 6) is -1.67. The number of carbonyl (C=O) groups excluding carboxylic acids is 1. The summed E-state index contributed by atoms with van der Waals surface area (Å²) in [5.41, 5.74) is -0.382. The van der Waals surface area contributed by atoms with Crippen LogP contribution in [0.25, 0.3) is 0 Å². The number of thiocarbonyl (C=S) groups is 1. The summed E-state index contributed by atoms with van der Waals surface area (Å²) in [7, 11) is 0. The number of esters is 1. The van der Waals surface area contributed by atoms with Crippen LogP contribution in [0.5, 0.6) is 0 Å². The van der Waals surface area contributed by atoms with Crippen molar-refractivity contribution in [3.8, 4) is 0 Å². The van der Waals surface area contributed by atoms with Crippen molar-refractivity contribution in [1.82, 2.24) is 0 Å². The Hall–Kier alpha value is 2.39. The van der Waals surface area contributed by atoms with Gasteiger partial charge in [0.2, 0.25) is 0 Å². The minimum Gasteiger partial charge on any atom is -0.610 e. The van der Waals surface area contributed by atoms with Gasteiger partial charge in [-0.3, -0.25) is 0 Å². The zero-order valence-corrected chi connectivity index (χ0v) is 19.5. The Balaban J connectivity index is -0.00000112. The van der Waals surface area contributed by atoms with Crippen LogP contribution in [-0.4, -0.2) is 22.4 Å². The van der Waals surface area contributed by atoms with E-state index >= 15 is 0 Å². The predicted molar refractivity (Wildman–Crippen MR) is 64.4 cm³/mol.